The average Bonchev–Trinajstić information content (AvgIpc) is 2.14. The molecule has 0 atom stereocenters. The van der Waals surface area contributed by atoms with Gasteiger partial charge in [-0.1, -0.05) is 36.4 Å². The van der Waals surface area contributed by atoms with E-state index in [9.17, 15) is 0 Å². The molecule has 1 heteroatoms. The van der Waals surface area contributed by atoms with Crippen molar-refractivity contribution in [3.8, 4) is 0 Å². The van der Waals surface area contributed by atoms with Crippen LogP contribution in [0.3, 0.4) is 0 Å². The van der Waals surface area contributed by atoms with Crippen LogP contribution in [0.15, 0.2) is 43.0 Å². The van der Waals surface area contributed by atoms with Crippen LogP contribution >= 0.6 is 11.8 Å². The molecule has 0 N–H and O–H groups in total. The van der Waals surface area contributed by atoms with Gasteiger partial charge in [-0.2, -0.15) is 11.8 Å². The van der Waals surface area contributed by atoms with Crippen molar-refractivity contribution in [2.75, 3.05) is 5.75 Å². The van der Waals surface area contributed by atoms with Crippen molar-refractivity contribution in [1.29, 1.82) is 0 Å². The lowest BCUT2D eigenvalue weighted by Crippen LogP contribution is -1.80. The van der Waals surface area contributed by atoms with E-state index in [0.717, 1.165) is 12.2 Å². The Kier molecular flexibility index (Phi) is 4.62. The molecule has 64 valence electrons. The normalized spacial score (nSPS) is 9.67. The molecular weight excluding hydrogens is 164 g/mol. The summed E-state index contributed by atoms with van der Waals surface area (Å²) in [7, 11) is 0. The second kappa shape index (κ2) is 5.90. The van der Waals surface area contributed by atoms with Gasteiger partial charge in [0, 0.05) is 5.75 Å². The molecule has 0 heterocycles. The van der Waals surface area contributed by atoms with Crippen LogP contribution in [0.2, 0.25) is 0 Å². The van der Waals surface area contributed by atoms with Crippen LogP contribution in [-0.2, 0) is 5.75 Å². The maximum atomic E-state index is 3.69. The summed E-state index contributed by atoms with van der Waals surface area (Å²) in [5.41, 5.74) is 1.41. The molecule has 12 heavy (non-hydrogen) atoms. The number of hydrogen-bond donors (Lipinski definition) is 0. The Morgan fingerprint density at radius 1 is 1.25 bits per heavy atom. The Morgan fingerprint density at radius 2 is 2.00 bits per heavy atom. The number of allylic oxidation sites excluding steroid dienone is 1. The number of benzene rings is 1. The van der Waals surface area contributed by atoms with Crippen LogP contribution < -0.4 is 0 Å². The monoisotopic (exact) mass is 178 g/mol. The van der Waals surface area contributed by atoms with E-state index in [0.29, 0.717) is 0 Å². The van der Waals surface area contributed by atoms with E-state index in [1.54, 1.807) is 0 Å². The highest BCUT2D eigenvalue weighted by atomic mass is 32.2. The van der Waals surface area contributed by atoms with Crippen LogP contribution in [-0.4, -0.2) is 5.75 Å². The van der Waals surface area contributed by atoms with E-state index in [1.165, 1.54) is 11.3 Å². The van der Waals surface area contributed by atoms with Crippen molar-refractivity contribution in [3.63, 3.8) is 0 Å². The zero-order valence-electron chi connectivity index (χ0n) is 7.20. The molecule has 1 aromatic carbocycles. The summed E-state index contributed by atoms with van der Waals surface area (Å²) in [6.07, 6.45) is 3.08. The summed E-state index contributed by atoms with van der Waals surface area (Å²) in [5.74, 6) is 2.30. The highest BCUT2D eigenvalue weighted by Crippen LogP contribution is 2.12. The molecule has 0 nitrogen and oxygen atoms in total. The van der Waals surface area contributed by atoms with Crippen molar-refractivity contribution < 1.29 is 0 Å². The Morgan fingerprint density at radius 3 is 2.67 bits per heavy atom. The van der Waals surface area contributed by atoms with Crippen LogP contribution in [0.4, 0.5) is 0 Å². The minimum absolute atomic E-state index is 1.11. The fourth-order valence-electron chi connectivity index (χ4n) is 0.931. The number of rotatable bonds is 5. The third-order valence-corrected chi connectivity index (χ3v) is 2.64. The van der Waals surface area contributed by atoms with Crippen LogP contribution in [0, 0.1) is 0 Å². The SMILES string of the molecule is C=CCCSCc1ccccc1. The molecule has 0 saturated carbocycles. The molecular formula is C11H14S. The Balaban J connectivity index is 2.20. The zero-order valence-corrected chi connectivity index (χ0v) is 8.02. The van der Waals surface area contributed by atoms with Gasteiger partial charge in [-0.15, -0.1) is 6.58 Å². The molecule has 0 radical (unpaired) electrons. The first-order valence-electron chi connectivity index (χ1n) is 4.16. The zero-order chi connectivity index (χ0) is 8.65. The first-order valence-corrected chi connectivity index (χ1v) is 5.31. The van der Waals surface area contributed by atoms with Gasteiger partial charge in [0.25, 0.3) is 0 Å². The topological polar surface area (TPSA) is 0 Å². The average molecular weight is 178 g/mol. The summed E-state index contributed by atoms with van der Waals surface area (Å²) in [6, 6.07) is 10.6. The molecule has 1 aromatic rings. The van der Waals surface area contributed by atoms with E-state index >= 15 is 0 Å². The Bertz CT molecular complexity index is 216. The highest BCUT2D eigenvalue weighted by molar-refractivity contribution is 7.98. The third-order valence-electron chi connectivity index (χ3n) is 1.58. The van der Waals surface area contributed by atoms with Gasteiger partial charge in [-0.05, 0) is 17.7 Å². The van der Waals surface area contributed by atoms with Gasteiger partial charge in [0.2, 0.25) is 0 Å². The summed E-state index contributed by atoms with van der Waals surface area (Å²) >= 11 is 1.96. The minimum atomic E-state index is 1.11. The van der Waals surface area contributed by atoms with Crippen molar-refractivity contribution in [1.82, 2.24) is 0 Å². The largest absolute Gasteiger partial charge is 0.157 e. The molecule has 1 rings (SSSR count). The quantitative estimate of drug-likeness (QED) is 0.491. The van der Waals surface area contributed by atoms with E-state index in [2.05, 4.69) is 36.9 Å². The summed E-state index contributed by atoms with van der Waals surface area (Å²) < 4.78 is 0. The van der Waals surface area contributed by atoms with Gasteiger partial charge >= 0.3 is 0 Å². The third kappa shape index (κ3) is 3.63. The summed E-state index contributed by atoms with van der Waals surface area (Å²) in [5, 5.41) is 0. The highest BCUT2D eigenvalue weighted by Gasteiger charge is 1.89. The van der Waals surface area contributed by atoms with Crippen molar-refractivity contribution in [3.05, 3.63) is 48.6 Å². The maximum absolute atomic E-state index is 3.69. The summed E-state index contributed by atoms with van der Waals surface area (Å²) in [4.78, 5) is 0. The molecule has 0 amide bonds. The number of thioether (sulfide) groups is 1. The van der Waals surface area contributed by atoms with E-state index in [-0.39, 0.29) is 0 Å². The smallest absolute Gasteiger partial charge is 0.0184 e. The second-order valence-electron chi connectivity index (χ2n) is 2.62. The second-order valence-corrected chi connectivity index (χ2v) is 3.72. The lowest BCUT2D eigenvalue weighted by molar-refractivity contribution is 1.24. The van der Waals surface area contributed by atoms with Gasteiger partial charge in [0.05, 0.1) is 0 Å². The van der Waals surface area contributed by atoms with E-state index in [4.69, 9.17) is 0 Å². The number of hydrogen-bond acceptors (Lipinski definition) is 1. The molecule has 0 aliphatic carbocycles. The molecule has 0 spiro atoms. The lowest BCUT2D eigenvalue weighted by atomic mass is 10.2. The Labute approximate surface area is 78.7 Å². The molecule has 0 aromatic heterocycles. The molecule has 0 unspecified atom stereocenters. The van der Waals surface area contributed by atoms with E-state index in [1.807, 2.05) is 17.8 Å². The molecule has 0 aliphatic heterocycles. The molecule has 0 aliphatic rings. The first kappa shape index (κ1) is 9.40. The lowest BCUT2D eigenvalue weighted by Gasteiger charge is -1.98. The van der Waals surface area contributed by atoms with Gasteiger partial charge in [-0.25, -0.2) is 0 Å². The minimum Gasteiger partial charge on any atom is -0.157 e. The van der Waals surface area contributed by atoms with Crippen LogP contribution in [0.1, 0.15) is 12.0 Å². The summed E-state index contributed by atoms with van der Waals surface area (Å²) in [6.45, 7) is 3.69. The maximum Gasteiger partial charge on any atom is 0.0184 e. The van der Waals surface area contributed by atoms with Crippen molar-refractivity contribution in [2.24, 2.45) is 0 Å². The van der Waals surface area contributed by atoms with Crippen LogP contribution in [0.5, 0.6) is 0 Å². The van der Waals surface area contributed by atoms with Gasteiger partial charge in [0.1, 0.15) is 0 Å². The Hall–Kier alpha value is -0.690. The first-order chi connectivity index (χ1) is 5.93. The van der Waals surface area contributed by atoms with Crippen molar-refractivity contribution in [2.45, 2.75) is 12.2 Å². The predicted molar refractivity (Wildman–Crippen MR) is 57.4 cm³/mol. The fraction of sp³-hybridized carbons (Fsp3) is 0.273. The molecule has 0 saturated heterocycles. The van der Waals surface area contributed by atoms with Gasteiger partial charge in [0.15, 0.2) is 0 Å². The van der Waals surface area contributed by atoms with Gasteiger partial charge < -0.3 is 0 Å². The molecule has 0 fully saturated rings. The van der Waals surface area contributed by atoms with Crippen LogP contribution in [0.25, 0.3) is 0 Å². The predicted octanol–water partition coefficient (Wildman–Crippen LogP) is 3.50. The van der Waals surface area contributed by atoms with Crippen molar-refractivity contribution >= 4 is 11.8 Å². The van der Waals surface area contributed by atoms with E-state index < -0.39 is 0 Å². The molecule has 0 bridgehead atoms. The standard InChI is InChI=1S/C11H14S/c1-2-3-9-12-10-11-7-5-4-6-8-11/h2,4-8H,1,3,9-10H2. The van der Waals surface area contributed by atoms with Gasteiger partial charge in [-0.3, -0.25) is 0 Å². The fourth-order valence-corrected chi connectivity index (χ4v) is 1.84.